The monoisotopic (exact) mass is 412 g/mol. The maximum absolute atomic E-state index is 12.7. The number of hydrogen-bond donors (Lipinski definition) is 1. The smallest absolute Gasteiger partial charge is 0.224 e. The van der Waals surface area contributed by atoms with E-state index >= 15 is 0 Å². The number of nitrogens with zero attached hydrogens (tertiary/aromatic N) is 1. The first kappa shape index (κ1) is 21.3. The molecule has 1 fully saturated rings. The Bertz CT molecular complexity index is 1010. The topological polar surface area (TPSA) is 66.5 Å². The highest BCUT2D eigenvalue weighted by atomic mass is 32.2. The number of amides is 1. The van der Waals surface area contributed by atoms with Crippen molar-refractivity contribution in [2.45, 2.75) is 20.3 Å². The van der Waals surface area contributed by atoms with Gasteiger partial charge < -0.3 is 5.32 Å². The second kappa shape index (κ2) is 8.93. The lowest BCUT2D eigenvalue weighted by Crippen LogP contribution is -2.38. The van der Waals surface area contributed by atoms with Crippen LogP contribution in [0.1, 0.15) is 16.7 Å². The van der Waals surface area contributed by atoms with E-state index in [0.29, 0.717) is 13.0 Å². The van der Waals surface area contributed by atoms with Crippen LogP contribution in [0.5, 0.6) is 0 Å². The van der Waals surface area contributed by atoms with E-state index in [1.807, 2.05) is 18.2 Å². The van der Waals surface area contributed by atoms with Crippen LogP contribution in [0, 0.1) is 19.8 Å². The number of carbonyl (C=O) groups excluding carboxylic acids is 1. The van der Waals surface area contributed by atoms with Crippen molar-refractivity contribution in [1.82, 2.24) is 9.62 Å². The molecule has 2 aromatic rings. The van der Waals surface area contributed by atoms with Crippen LogP contribution in [0.2, 0.25) is 0 Å². The third-order valence-electron chi connectivity index (χ3n) is 5.33. The fourth-order valence-electron chi connectivity index (χ4n) is 3.87. The molecule has 0 bridgehead atoms. The number of sulfonamides is 1. The van der Waals surface area contributed by atoms with Crippen LogP contribution in [0.15, 0.2) is 55.1 Å². The molecule has 0 aliphatic carbocycles. The Balaban J connectivity index is 1.92. The van der Waals surface area contributed by atoms with E-state index in [1.165, 1.54) is 21.5 Å². The molecule has 0 radical (unpaired) electrons. The molecule has 1 aliphatic heterocycles. The van der Waals surface area contributed by atoms with Gasteiger partial charge in [-0.2, -0.15) is 4.31 Å². The molecule has 0 aromatic heterocycles. The number of nitrogens with one attached hydrogen (secondary N) is 1. The molecular formula is C23H28N2O3S. The van der Waals surface area contributed by atoms with Crippen molar-refractivity contribution in [1.29, 1.82) is 0 Å². The van der Waals surface area contributed by atoms with Crippen LogP contribution in [0.3, 0.4) is 0 Å². The highest BCUT2D eigenvalue weighted by molar-refractivity contribution is 7.89. The molecule has 0 saturated carbocycles. The SMILES string of the molecule is C=CCS(=O)(=O)N1CCNC(=O)[C@H](Cc2ccccc2-c2ccc(C)cc2C)C1. The summed E-state index contributed by atoms with van der Waals surface area (Å²) in [6.45, 7) is 8.48. The van der Waals surface area contributed by atoms with E-state index in [9.17, 15) is 13.2 Å². The van der Waals surface area contributed by atoms with Gasteiger partial charge in [-0.15, -0.1) is 6.58 Å². The first-order valence-corrected chi connectivity index (χ1v) is 11.4. The number of hydrogen-bond acceptors (Lipinski definition) is 3. The normalized spacial score (nSPS) is 18.1. The van der Waals surface area contributed by atoms with Gasteiger partial charge in [-0.25, -0.2) is 8.42 Å². The summed E-state index contributed by atoms with van der Waals surface area (Å²) in [5.74, 6) is -0.659. The van der Waals surface area contributed by atoms with Crippen LogP contribution in [0.25, 0.3) is 11.1 Å². The second-order valence-electron chi connectivity index (χ2n) is 7.59. The first-order valence-electron chi connectivity index (χ1n) is 9.84. The maximum Gasteiger partial charge on any atom is 0.224 e. The number of rotatable bonds is 6. The van der Waals surface area contributed by atoms with Crippen LogP contribution in [0.4, 0.5) is 0 Å². The fraction of sp³-hybridized carbons (Fsp3) is 0.348. The minimum absolute atomic E-state index is 0.100. The average molecular weight is 413 g/mol. The lowest BCUT2D eigenvalue weighted by Gasteiger charge is -2.23. The van der Waals surface area contributed by atoms with Crippen LogP contribution < -0.4 is 5.32 Å². The van der Waals surface area contributed by atoms with E-state index in [4.69, 9.17) is 0 Å². The standard InChI is InChI=1S/C23H28N2O3S/c1-4-13-29(27,28)25-12-11-24-23(26)20(16-25)15-19-7-5-6-8-22(19)21-10-9-17(2)14-18(21)3/h4-10,14,20H,1,11-13,15-16H2,2-3H3,(H,24,26)/t20-/m1/s1. The van der Waals surface area contributed by atoms with Crippen LogP contribution in [-0.2, 0) is 21.2 Å². The zero-order chi connectivity index (χ0) is 21.0. The zero-order valence-corrected chi connectivity index (χ0v) is 17.8. The summed E-state index contributed by atoms with van der Waals surface area (Å²) in [4.78, 5) is 12.7. The third kappa shape index (κ3) is 4.95. The number of aryl methyl sites for hydroxylation is 2. The Kier molecular flexibility index (Phi) is 6.55. The quantitative estimate of drug-likeness (QED) is 0.742. The summed E-state index contributed by atoms with van der Waals surface area (Å²) in [6.07, 6.45) is 1.87. The van der Waals surface area contributed by atoms with Gasteiger partial charge in [0.15, 0.2) is 0 Å². The lowest BCUT2D eigenvalue weighted by molar-refractivity contribution is -0.124. The molecule has 1 N–H and O–H groups in total. The van der Waals surface area contributed by atoms with Gasteiger partial charge in [0.05, 0.1) is 11.7 Å². The van der Waals surface area contributed by atoms with E-state index < -0.39 is 15.9 Å². The molecule has 5 nitrogen and oxygen atoms in total. The summed E-state index contributed by atoms with van der Waals surface area (Å²) in [5.41, 5.74) is 5.65. The Morgan fingerprint density at radius 1 is 1.17 bits per heavy atom. The highest BCUT2D eigenvalue weighted by Gasteiger charge is 2.31. The fourth-order valence-corrected chi connectivity index (χ4v) is 5.16. The highest BCUT2D eigenvalue weighted by Crippen LogP contribution is 2.29. The number of benzene rings is 2. The molecule has 1 amide bonds. The van der Waals surface area contributed by atoms with Gasteiger partial charge in [-0.3, -0.25) is 4.79 Å². The second-order valence-corrected chi connectivity index (χ2v) is 9.61. The first-order chi connectivity index (χ1) is 13.8. The molecule has 1 aliphatic rings. The molecule has 29 heavy (non-hydrogen) atoms. The molecular weight excluding hydrogens is 384 g/mol. The summed E-state index contributed by atoms with van der Waals surface area (Å²) in [6, 6.07) is 14.4. The van der Waals surface area contributed by atoms with Gasteiger partial charge in [0.25, 0.3) is 0 Å². The Morgan fingerprint density at radius 2 is 1.93 bits per heavy atom. The van der Waals surface area contributed by atoms with Crippen molar-refractivity contribution in [3.05, 3.63) is 71.8 Å². The van der Waals surface area contributed by atoms with E-state index in [1.54, 1.807) is 0 Å². The average Bonchev–Trinajstić information content (AvgIpc) is 2.85. The maximum atomic E-state index is 12.7. The predicted octanol–water partition coefficient (Wildman–Crippen LogP) is 3.08. The molecule has 1 atom stereocenters. The largest absolute Gasteiger partial charge is 0.354 e. The van der Waals surface area contributed by atoms with Gasteiger partial charge in [-0.05, 0) is 42.5 Å². The van der Waals surface area contributed by atoms with Crippen molar-refractivity contribution in [2.24, 2.45) is 5.92 Å². The van der Waals surface area contributed by atoms with Crippen molar-refractivity contribution >= 4 is 15.9 Å². The molecule has 0 unspecified atom stereocenters. The minimum Gasteiger partial charge on any atom is -0.354 e. The molecule has 154 valence electrons. The van der Waals surface area contributed by atoms with Gasteiger partial charge in [0.1, 0.15) is 0 Å². The minimum atomic E-state index is -3.46. The Morgan fingerprint density at radius 3 is 2.66 bits per heavy atom. The van der Waals surface area contributed by atoms with Gasteiger partial charge in [-0.1, -0.05) is 54.1 Å². The number of carbonyl (C=O) groups is 1. The Labute approximate surface area is 173 Å². The van der Waals surface area contributed by atoms with Gasteiger partial charge >= 0.3 is 0 Å². The predicted molar refractivity (Wildman–Crippen MR) is 117 cm³/mol. The molecule has 3 rings (SSSR count). The summed E-state index contributed by atoms with van der Waals surface area (Å²) in [7, 11) is -3.46. The van der Waals surface area contributed by atoms with Crippen molar-refractivity contribution in [3.63, 3.8) is 0 Å². The summed E-state index contributed by atoms with van der Waals surface area (Å²) < 4.78 is 26.5. The van der Waals surface area contributed by atoms with Crippen LogP contribution in [-0.4, -0.2) is 44.0 Å². The van der Waals surface area contributed by atoms with E-state index in [0.717, 1.165) is 16.7 Å². The third-order valence-corrected chi connectivity index (χ3v) is 7.11. The van der Waals surface area contributed by atoms with Gasteiger partial charge in [0, 0.05) is 19.6 Å². The molecule has 1 heterocycles. The van der Waals surface area contributed by atoms with Crippen LogP contribution >= 0.6 is 0 Å². The van der Waals surface area contributed by atoms with E-state index in [2.05, 4.69) is 50.0 Å². The molecule has 0 spiro atoms. The van der Waals surface area contributed by atoms with Crippen molar-refractivity contribution < 1.29 is 13.2 Å². The lowest BCUT2D eigenvalue weighted by atomic mass is 9.89. The summed E-state index contributed by atoms with van der Waals surface area (Å²) >= 11 is 0. The molecule has 1 saturated heterocycles. The summed E-state index contributed by atoms with van der Waals surface area (Å²) in [5, 5.41) is 2.87. The Hall–Kier alpha value is -2.44. The zero-order valence-electron chi connectivity index (χ0n) is 17.0. The van der Waals surface area contributed by atoms with Crippen molar-refractivity contribution in [3.8, 4) is 11.1 Å². The van der Waals surface area contributed by atoms with E-state index in [-0.39, 0.29) is 24.7 Å². The molecule has 6 heteroatoms. The van der Waals surface area contributed by atoms with Gasteiger partial charge in [0.2, 0.25) is 15.9 Å². The molecule has 2 aromatic carbocycles. The van der Waals surface area contributed by atoms with Crippen molar-refractivity contribution in [2.75, 3.05) is 25.4 Å².